The van der Waals surface area contributed by atoms with Gasteiger partial charge in [-0.05, 0) is 48.9 Å². The lowest BCUT2D eigenvalue weighted by molar-refractivity contribution is -0.173. The second-order valence-corrected chi connectivity index (χ2v) is 11.1. The van der Waals surface area contributed by atoms with Crippen molar-refractivity contribution in [1.29, 1.82) is 0 Å². The van der Waals surface area contributed by atoms with Crippen molar-refractivity contribution in [3.63, 3.8) is 0 Å². The molecule has 4 aromatic rings. The normalized spacial score (nSPS) is 17.4. The molecule has 1 aliphatic carbocycles. The summed E-state index contributed by atoms with van der Waals surface area (Å²) in [7, 11) is 0. The number of anilines is 1. The summed E-state index contributed by atoms with van der Waals surface area (Å²) in [5, 5.41) is 19.8. The number of ether oxygens (including phenoxy) is 2. The fourth-order valence-electron chi connectivity index (χ4n) is 5.29. The van der Waals surface area contributed by atoms with E-state index < -0.39 is 36.7 Å². The summed E-state index contributed by atoms with van der Waals surface area (Å²) in [4.78, 5) is 31.4. The summed E-state index contributed by atoms with van der Waals surface area (Å²) in [6.07, 6.45) is 2.07. The fraction of sp³-hybridized carbons (Fsp3) is 0.433. The van der Waals surface area contributed by atoms with Gasteiger partial charge in [0.1, 0.15) is 30.9 Å². The van der Waals surface area contributed by atoms with Gasteiger partial charge in [0.25, 0.3) is 0 Å². The number of nitrogens with one attached hydrogen (secondary N) is 4. The van der Waals surface area contributed by atoms with Crippen molar-refractivity contribution in [2.24, 2.45) is 5.92 Å². The maximum atomic E-state index is 14.7. The molecule has 4 heterocycles. The predicted molar refractivity (Wildman–Crippen MR) is 159 cm³/mol. The number of nitrogens with zero attached hydrogens (tertiary/aromatic N) is 4. The van der Waals surface area contributed by atoms with Gasteiger partial charge in [0.15, 0.2) is 17.5 Å². The number of aromatic amines is 1. The highest BCUT2D eigenvalue weighted by atomic mass is 19.4. The molecule has 5 rings (SSSR count). The third-order valence-electron chi connectivity index (χ3n) is 7.48. The molecule has 0 spiro atoms. The molecule has 12 nitrogen and oxygen atoms in total. The number of carbonyl (C=O) groups excluding carboxylic acids is 1. The summed E-state index contributed by atoms with van der Waals surface area (Å²) >= 11 is 0. The van der Waals surface area contributed by atoms with Crippen LogP contribution in [-0.4, -0.2) is 74.6 Å². The van der Waals surface area contributed by atoms with Gasteiger partial charge in [-0.25, -0.2) is 28.5 Å². The van der Waals surface area contributed by atoms with E-state index in [9.17, 15) is 31.9 Å². The van der Waals surface area contributed by atoms with Crippen LogP contribution >= 0.6 is 0 Å². The SMILES string of the molecule is O=C(NCCOCC(F)(F)F)OCc1ccnc(C(O)NC[C@@H]2CCC[C@H](Nc3nc(-c4c[nH]c5ncc(F)cc45)ncc3F)C2)c1. The summed E-state index contributed by atoms with van der Waals surface area (Å²) < 4.78 is 74.3. The average molecular weight is 665 g/mol. The number of alkyl halides is 3. The second-order valence-electron chi connectivity index (χ2n) is 11.1. The van der Waals surface area contributed by atoms with Gasteiger partial charge in [0.2, 0.25) is 0 Å². The molecule has 0 aliphatic heterocycles. The number of aromatic nitrogens is 5. The van der Waals surface area contributed by atoms with E-state index in [2.05, 4.69) is 45.6 Å². The monoisotopic (exact) mass is 664 g/mol. The van der Waals surface area contributed by atoms with E-state index in [4.69, 9.17) is 4.74 Å². The van der Waals surface area contributed by atoms with Crippen LogP contribution in [0.2, 0.25) is 0 Å². The first-order valence-corrected chi connectivity index (χ1v) is 14.9. The number of halogens is 5. The summed E-state index contributed by atoms with van der Waals surface area (Å²) in [6, 6.07) is 4.39. The van der Waals surface area contributed by atoms with E-state index in [1.807, 2.05) is 0 Å². The van der Waals surface area contributed by atoms with Gasteiger partial charge >= 0.3 is 12.3 Å². The molecule has 3 atom stereocenters. The smallest absolute Gasteiger partial charge is 0.411 e. The van der Waals surface area contributed by atoms with Crippen LogP contribution in [0.5, 0.6) is 0 Å². The minimum atomic E-state index is -4.44. The molecule has 0 bridgehead atoms. The molecule has 5 N–H and O–H groups in total. The van der Waals surface area contributed by atoms with Crippen LogP contribution in [0.15, 0.2) is 43.0 Å². The molecule has 1 amide bonds. The molecule has 1 saturated carbocycles. The summed E-state index contributed by atoms with van der Waals surface area (Å²) in [6.45, 7) is -1.58. The Hall–Kier alpha value is -4.48. The third-order valence-corrected chi connectivity index (χ3v) is 7.48. The Bertz CT molecular complexity index is 1660. The van der Waals surface area contributed by atoms with Gasteiger partial charge < -0.3 is 30.2 Å². The Kier molecular flexibility index (Phi) is 11.1. The molecule has 17 heteroatoms. The number of hydrogen-bond donors (Lipinski definition) is 5. The number of pyridine rings is 2. The zero-order valence-corrected chi connectivity index (χ0v) is 25.0. The molecule has 0 radical (unpaired) electrons. The summed E-state index contributed by atoms with van der Waals surface area (Å²) in [5.41, 5.74) is 1.80. The van der Waals surface area contributed by atoms with Crippen molar-refractivity contribution in [2.75, 3.05) is 31.6 Å². The van der Waals surface area contributed by atoms with Crippen molar-refractivity contribution in [3.8, 4) is 11.4 Å². The second kappa shape index (κ2) is 15.4. The van der Waals surface area contributed by atoms with Gasteiger partial charge in [0, 0.05) is 42.5 Å². The van der Waals surface area contributed by atoms with E-state index in [1.165, 1.54) is 12.3 Å². The Morgan fingerprint density at radius 1 is 1.15 bits per heavy atom. The fourth-order valence-corrected chi connectivity index (χ4v) is 5.29. The van der Waals surface area contributed by atoms with Gasteiger partial charge in [-0.2, -0.15) is 13.2 Å². The largest absolute Gasteiger partial charge is 0.445 e. The van der Waals surface area contributed by atoms with E-state index in [0.717, 1.165) is 31.7 Å². The maximum absolute atomic E-state index is 14.7. The van der Waals surface area contributed by atoms with E-state index in [1.54, 1.807) is 18.3 Å². The predicted octanol–water partition coefficient (Wildman–Crippen LogP) is 4.75. The van der Waals surface area contributed by atoms with Crippen molar-refractivity contribution in [1.82, 2.24) is 35.6 Å². The minimum Gasteiger partial charge on any atom is -0.445 e. The van der Waals surface area contributed by atoms with Crippen molar-refractivity contribution < 1.29 is 41.3 Å². The zero-order valence-electron chi connectivity index (χ0n) is 25.0. The van der Waals surface area contributed by atoms with Crippen molar-refractivity contribution >= 4 is 22.9 Å². The molecule has 0 aromatic carbocycles. The Morgan fingerprint density at radius 3 is 2.83 bits per heavy atom. The Morgan fingerprint density at radius 2 is 2.00 bits per heavy atom. The lowest BCUT2D eigenvalue weighted by Crippen LogP contribution is -2.35. The highest BCUT2D eigenvalue weighted by Gasteiger charge is 2.27. The highest BCUT2D eigenvalue weighted by Crippen LogP contribution is 2.30. The summed E-state index contributed by atoms with van der Waals surface area (Å²) in [5.74, 6) is -0.715. The minimum absolute atomic E-state index is 0.0408. The van der Waals surface area contributed by atoms with E-state index >= 15 is 0 Å². The molecule has 4 aromatic heterocycles. The number of aliphatic hydroxyl groups excluding tert-OH is 1. The van der Waals surface area contributed by atoms with Crippen LogP contribution in [0.3, 0.4) is 0 Å². The van der Waals surface area contributed by atoms with Crippen LogP contribution in [0.1, 0.15) is 43.2 Å². The van der Waals surface area contributed by atoms with Crippen LogP contribution in [0.25, 0.3) is 22.4 Å². The standard InChI is InChI=1S/C30H33F5N8O4/c31-19-10-21-22(13-39-25(21)38-12-19)26-40-14-23(32)27(43-26)42-20-3-1-2-17(8-20)11-41-28(44)24-9-18(4-5-36-24)15-47-29(45)37-6-7-46-16-30(33,34)35/h4-5,9-10,12-14,17,20,28,41,44H,1-3,6-8,11,15-16H2,(H,37,45)(H,38,39)(H,40,42,43)/t17-,20+,28?/m1/s1. The number of aliphatic hydroxyl groups is 1. The van der Waals surface area contributed by atoms with Crippen molar-refractivity contribution in [3.05, 3.63) is 65.9 Å². The molecule has 1 unspecified atom stereocenters. The van der Waals surface area contributed by atoms with Gasteiger partial charge in [-0.3, -0.25) is 10.3 Å². The molecule has 0 saturated heterocycles. The maximum Gasteiger partial charge on any atom is 0.411 e. The third kappa shape index (κ3) is 9.76. The lowest BCUT2D eigenvalue weighted by atomic mass is 9.85. The number of carbonyl (C=O) groups is 1. The molecular formula is C30H33F5N8O4. The first kappa shape index (κ1) is 33.9. The van der Waals surface area contributed by atoms with Gasteiger partial charge in [-0.15, -0.1) is 0 Å². The number of amides is 1. The van der Waals surface area contributed by atoms with E-state index in [-0.39, 0.29) is 43.4 Å². The van der Waals surface area contributed by atoms with Crippen LogP contribution < -0.4 is 16.0 Å². The first-order valence-electron chi connectivity index (χ1n) is 14.9. The van der Waals surface area contributed by atoms with Gasteiger partial charge in [-0.1, -0.05) is 6.42 Å². The lowest BCUT2D eigenvalue weighted by Gasteiger charge is -2.31. The molecule has 252 valence electrons. The Labute approximate surface area is 265 Å². The van der Waals surface area contributed by atoms with Gasteiger partial charge in [0.05, 0.1) is 24.7 Å². The van der Waals surface area contributed by atoms with Crippen LogP contribution in [-0.2, 0) is 16.1 Å². The van der Waals surface area contributed by atoms with Crippen LogP contribution in [0.4, 0.5) is 32.6 Å². The molecule has 1 aliphatic rings. The average Bonchev–Trinajstić information content (AvgIpc) is 3.46. The number of alkyl carbamates (subject to hydrolysis) is 1. The van der Waals surface area contributed by atoms with E-state index in [0.29, 0.717) is 40.8 Å². The van der Waals surface area contributed by atoms with Crippen LogP contribution in [0, 0.1) is 17.6 Å². The van der Waals surface area contributed by atoms with Crippen molar-refractivity contribution in [2.45, 2.75) is 50.7 Å². The molecule has 1 fully saturated rings. The molecule has 47 heavy (non-hydrogen) atoms. The zero-order chi connectivity index (χ0) is 33.4. The topological polar surface area (TPSA) is 159 Å². The number of H-pyrrole nitrogens is 1. The first-order chi connectivity index (χ1) is 22.5. The number of rotatable bonds is 13. The number of hydrogen-bond acceptors (Lipinski definition) is 10. The Balaban J connectivity index is 1.09. The molecular weight excluding hydrogens is 631 g/mol. The number of fused-ring (bicyclic) bond motifs is 1. The quantitative estimate of drug-likeness (QED) is 0.0767. The highest BCUT2D eigenvalue weighted by molar-refractivity contribution is 5.91.